The lowest BCUT2D eigenvalue weighted by Gasteiger charge is -2.32. The monoisotopic (exact) mass is 334 g/mol. The first-order valence-electron chi connectivity index (χ1n) is 8.22. The second kappa shape index (κ2) is 8.39. The van der Waals surface area contributed by atoms with Gasteiger partial charge in [0.1, 0.15) is 0 Å². The summed E-state index contributed by atoms with van der Waals surface area (Å²) < 4.78 is 0. The van der Waals surface area contributed by atoms with Crippen LogP contribution in [-0.2, 0) is 9.59 Å². The molecular weight excluding hydrogens is 308 g/mol. The summed E-state index contributed by atoms with van der Waals surface area (Å²) >= 11 is 1.41. The third-order valence-corrected chi connectivity index (χ3v) is 5.25. The highest BCUT2D eigenvalue weighted by atomic mass is 32.2. The Morgan fingerprint density at radius 1 is 1.35 bits per heavy atom. The molecule has 0 aliphatic carbocycles. The fourth-order valence-electron chi connectivity index (χ4n) is 2.75. The fourth-order valence-corrected chi connectivity index (χ4v) is 3.52. The summed E-state index contributed by atoms with van der Waals surface area (Å²) in [6.07, 6.45) is 2.28. The van der Waals surface area contributed by atoms with Gasteiger partial charge in [0.05, 0.1) is 11.0 Å². The van der Waals surface area contributed by atoms with Gasteiger partial charge in [-0.1, -0.05) is 24.6 Å². The highest BCUT2D eigenvalue weighted by Gasteiger charge is 2.25. The maximum Gasteiger partial charge on any atom is 0.235 e. The molecule has 126 valence electrons. The number of carbonyl (C=O) groups excluding carboxylic acids is 2. The van der Waals surface area contributed by atoms with E-state index in [9.17, 15) is 9.59 Å². The Labute approximate surface area is 143 Å². The number of carbonyl (C=O) groups is 2. The highest BCUT2D eigenvalue weighted by Crippen LogP contribution is 2.20. The number of thioether (sulfide) groups is 1. The molecule has 23 heavy (non-hydrogen) atoms. The van der Waals surface area contributed by atoms with Crippen molar-refractivity contribution in [3.63, 3.8) is 0 Å². The summed E-state index contributed by atoms with van der Waals surface area (Å²) in [5.74, 6) is 0.967. The molecule has 1 fully saturated rings. The molecule has 1 aromatic carbocycles. The number of nitrogens with zero attached hydrogens (tertiary/aromatic N) is 1. The number of likely N-dealkylation sites (tertiary alicyclic amines) is 1. The van der Waals surface area contributed by atoms with Gasteiger partial charge < -0.3 is 10.2 Å². The second-order valence-corrected chi connectivity index (χ2v) is 7.73. The number of rotatable bonds is 5. The molecule has 1 N–H and O–H groups in total. The number of benzene rings is 1. The molecule has 1 aromatic rings. The lowest BCUT2D eigenvalue weighted by molar-refractivity contribution is -0.131. The van der Waals surface area contributed by atoms with Gasteiger partial charge in [-0.05, 0) is 44.7 Å². The van der Waals surface area contributed by atoms with Crippen molar-refractivity contribution in [3.8, 4) is 0 Å². The molecule has 2 unspecified atom stereocenters. The van der Waals surface area contributed by atoms with Crippen molar-refractivity contribution in [1.82, 2.24) is 4.90 Å². The van der Waals surface area contributed by atoms with Crippen molar-refractivity contribution in [2.75, 3.05) is 24.2 Å². The largest absolute Gasteiger partial charge is 0.341 e. The molecule has 2 rings (SSSR count). The van der Waals surface area contributed by atoms with Crippen LogP contribution in [-0.4, -0.2) is 40.8 Å². The SMILES string of the molecule is Cc1ccc(NC(=O)CSC(C)C(=O)N2CCCC(C)C2)cc1. The average Bonchev–Trinajstić information content (AvgIpc) is 2.54. The van der Waals surface area contributed by atoms with Gasteiger partial charge in [-0.3, -0.25) is 9.59 Å². The van der Waals surface area contributed by atoms with E-state index < -0.39 is 0 Å². The predicted molar refractivity (Wildman–Crippen MR) is 96.7 cm³/mol. The average molecular weight is 334 g/mol. The Kier molecular flexibility index (Phi) is 6.51. The minimum atomic E-state index is -0.177. The molecule has 1 saturated heterocycles. The van der Waals surface area contributed by atoms with E-state index in [1.165, 1.54) is 18.2 Å². The van der Waals surface area contributed by atoms with Gasteiger partial charge in [0.15, 0.2) is 0 Å². The minimum absolute atomic E-state index is 0.0643. The van der Waals surface area contributed by atoms with Gasteiger partial charge >= 0.3 is 0 Å². The van der Waals surface area contributed by atoms with Crippen LogP contribution < -0.4 is 5.32 Å². The van der Waals surface area contributed by atoms with Crippen LogP contribution in [0, 0.1) is 12.8 Å². The van der Waals surface area contributed by atoms with Gasteiger partial charge in [-0.15, -0.1) is 11.8 Å². The van der Waals surface area contributed by atoms with E-state index in [1.807, 2.05) is 43.0 Å². The molecule has 1 heterocycles. The van der Waals surface area contributed by atoms with Crippen molar-refractivity contribution in [2.24, 2.45) is 5.92 Å². The predicted octanol–water partition coefficient (Wildman–Crippen LogP) is 3.31. The molecule has 2 amide bonds. The van der Waals surface area contributed by atoms with Crippen LogP contribution in [0.25, 0.3) is 0 Å². The number of hydrogen-bond acceptors (Lipinski definition) is 3. The van der Waals surface area contributed by atoms with Crippen LogP contribution in [0.1, 0.15) is 32.3 Å². The van der Waals surface area contributed by atoms with Crippen molar-refractivity contribution in [2.45, 2.75) is 38.9 Å². The van der Waals surface area contributed by atoms with Crippen LogP contribution in [0.15, 0.2) is 24.3 Å². The summed E-state index contributed by atoms with van der Waals surface area (Å²) in [6.45, 7) is 7.79. The lowest BCUT2D eigenvalue weighted by Crippen LogP contribution is -2.43. The molecule has 1 aliphatic rings. The standard InChI is InChI=1S/C18H26N2O2S/c1-13-6-8-16(9-7-13)19-17(21)12-23-15(3)18(22)20-10-4-5-14(2)11-20/h6-9,14-15H,4-5,10-12H2,1-3H3,(H,19,21). The van der Waals surface area contributed by atoms with Gasteiger partial charge in [0, 0.05) is 18.8 Å². The lowest BCUT2D eigenvalue weighted by atomic mass is 10.0. The first kappa shape index (κ1) is 17.9. The molecule has 0 bridgehead atoms. The molecule has 4 nitrogen and oxygen atoms in total. The number of amides is 2. The molecule has 0 spiro atoms. The van der Waals surface area contributed by atoms with Gasteiger partial charge in [0.25, 0.3) is 0 Å². The summed E-state index contributed by atoms with van der Waals surface area (Å²) in [6, 6.07) is 7.71. The molecule has 1 aliphatic heterocycles. The normalized spacial score (nSPS) is 19.3. The highest BCUT2D eigenvalue weighted by molar-refractivity contribution is 8.01. The summed E-state index contributed by atoms with van der Waals surface area (Å²) in [5, 5.41) is 2.69. The topological polar surface area (TPSA) is 49.4 Å². The van der Waals surface area contributed by atoms with Crippen molar-refractivity contribution in [1.29, 1.82) is 0 Å². The maximum absolute atomic E-state index is 12.4. The van der Waals surface area contributed by atoms with E-state index >= 15 is 0 Å². The van der Waals surface area contributed by atoms with E-state index in [0.717, 1.165) is 30.8 Å². The number of aryl methyl sites for hydroxylation is 1. The fraction of sp³-hybridized carbons (Fsp3) is 0.556. The maximum atomic E-state index is 12.4. The molecule has 0 aromatic heterocycles. The third-order valence-electron chi connectivity index (χ3n) is 4.12. The van der Waals surface area contributed by atoms with Gasteiger partial charge in [0.2, 0.25) is 11.8 Å². The van der Waals surface area contributed by atoms with Crippen LogP contribution >= 0.6 is 11.8 Å². The molecule has 0 radical (unpaired) electrons. The number of hydrogen-bond donors (Lipinski definition) is 1. The van der Waals surface area contributed by atoms with Crippen LogP contribution in [0.3, 0.4) is 0 Å². The Bertz CT molecular complexity index is 544. The Morgan fingerprint density at radius 2 is 2.04 bits per heavy atom. The number of piperidine rings is 1. The smallest absolute Gasteiger partial charge is 0.235 e. The van der Waals surface area contributed by atoms with E-state index in [2.05, 4.69) is 12.2 Å². The zero-order chi connectivity index (χ0) is 16.8. The van der Waals surface area contributed by atoms with Gasteiger partial charge in [-0.25, -0.2) is 0 Å². The van der Waals surface area contributed by atoms with E-state index in [1.54, 1.807) is 0 Å². The summed E-state index contributed by atoms with van der Waals surface area (Å²) in [7, 11) is 0. The summed E-state index contributed by atoms with van der Waals surface area (Å²) in [4.78, 5) is 26.4. The molecular formula is C18H26N2O2S. The number of anilines is 1. The zero-order valence-electron chi connectivity index (χ0n) is 14.2. The van der Waals surface area contributed by atoms with Crippen LogP contribution in [0.5, 0.6) is 0 Å². The first-order valence-corrected chi connectivity index (χ1v) is 9.27. The van der Waals surface area contributed by atoms with Crippen molar-refractivity contribution in [3.05, 3.63) is 29.8 Å². The van der Waals surface area contributed by atoms with Crippen LogP contribution in [0.2, 0.25) is 0 Å². The van der Waals surface area contributed by atoms with Crippen molar-refractivity contribution < 1.29 is 9.59 Å². The number of nitrogens with one attached hydrogen (secondary N) is 1. The molecule has 2 atom stereocenters. The Hall–Kier alpha value is -1.49. The zero-order valence-corrected chi connectivity index (χ0v) is 15.0. The third kappa shape index (κ3) is 5.57. The first-order chi connectivity index (χ1) is 11.0. The van der Waals surface area contributed by atoms with E-state index in [4.69, 9.17) is 0 Å². The second-order valence-electron chi connectivity index (χ2n) is 6.40. The summed E-state index contributed by atoms with van der Waals surface area (Å²) in [5.41, 5.74) is 1.96. The van der Waals surface area contributed by atoms with E-state index in [0.29, 0.717) is 11.7 Å². The van der Waals surface area contributed by atoms with Crippen LogP contribution in [0.4, 0.5) is 5.69 Å². The Morgan fingerprint density at radius 3 is 2.70 bits per heavy atom. The molecule has 5 heteroatoms. The van der Waals surface area contributed by atoms with E-state index in [-0.39, 0.29) is 17.1 Å². The van der Waals surface area contributed by atoms with Crippen molar-refractivity contribution >= 4 is 29.3 Å². The minimum Gasteiger partial charge on any atom is -0.341 e. The van der Waals surface area contributed by atoms with Gasteiger partial charge in [-0.2, -0.15) is 0 Å². The molecule has 0 saturated carbocycles. The Balaban J connectivity index is 1.76. The quantitative estimate of drug-likeness (QED) is 0.899.